The lowest BCUT2D eigenvalue weighted by atomic mass is 10.3. The summed E-state index contributed by atoms with van der Waals surface area (Å²) in [6.45, 7) is 6.60. The third kappa shape index (κ3) is 3.58. The first-order valence-electron chi connectivity index (χ1n) is 7.36. The highest BCUT2D eigenvalue weighted by molar-refractivity contribution is 5.78. The van der Waals surface area contributed by atoms with Crippen LogP contribution in [0.3, 0.4) is 0 Å². The monoisotopic (exact) mass is 278 g/mol. The van der Waals surface area contributed by atoms with Crippen molar-refractivity contribution in [1.29, 1.82) is 0 Å². The summed E-state index contributed by atoms with van der Waals surface area (Å²) >= 11 is 0. The molecule has 1 N–H and O–H groups in total. The molecule has 1 saturated heterocycles. The zero-order chi connectivity index (χ0) is 13.9. The van der Waals surface area contributed by atoms with Gasteiger partial charge in [-0.05, 0) is 19.8 Å². The van der Waals surface area contributed by atoms with Gasteiger partial charge in [0.2, 0.25) is 5.91 Å². The zero-order valence-corrected chi connectivity index (χ0v) is 12.0. The Bertz CT molecular complexity index is 461. The predicted molar refractivity (Wildman–Crippen MR) is 74.1 cm³/mol. The minimum Gasteiger partial charge on any atom is -0.360 e. The topological polar surface area (TPSA) is 61.6 Å². The molecule has 110 valence electrons. The van der Waals surface area contributed by atoms with Gasteiger partial charge in [0.15, 0.2) is 5.76 Å². The fourth-order valence-corrected chi connectivity index (χ4v) is 2.50. The second-order valence-electron chi connectivity index (χ2n) is 5.75. The SMILES string of the molecule is Cc1cc(CN2CCN(C(=O)CNC3CC3)CC2)on1. The van der Waals surface area contributed by atoms with Gasteiger partial charge in [-0.25, -0.2) is 0 Å². The summed E-state index contributed by atoms with van der Waals surface area (Å²) in [5, 5.41) is 7.18. The van der Waals surface area contributed by atoms with Crippen molar-refractivity contribution in [2.24, 2.45) is 0 Å². The summed E-state index contributed by atoms with van der Waals surface area (Å²) in [5.41, 5.74) is 0.917. The fourth-order valence-electron chi connectivity index (χ4n) is 2.50. The Morgan fingerprint density at radius 2 is 2.15 bits per heavy atom. The van der Waals surface area contributed by atoms with Crippen LogP contribution >= 0.6 is 0 Å². The molecule has 0 spiro atoms. The first-order valence-corrected chi connectivity index (χ1v) is 7.36. The van der Waals surface area contributed by atoms with E-state index in [2.05, 4.69) is 15.4 Å². The van der Waals surface area contributed by atoms with Crippen molar-refractivity contribution in [1.82, 2.24) is 20.3 Å². The number of piperazine rings is 1. The lowest BCUT2D eigenvalue weighted by Crippen LogP contribution is -2.50. The van der Waals surface area contributed by atoms with Gasteiger partial charge in [0.05, 0.1) is 18.8 Å². The molecule has 3 rings (SSSR count). The van der Waals surface area contributed by atoms with E-state index in [0.717, 1.165) is 44.2 Å². The van der Waals surface area contributed by atoms with Gasteiger partial charge in [-0.15, -0.1) is 0 Å². The summed E-state index contributed by atoms with van der Waals surface area (Å²) < 4.78 is 5.23. The van der Waals surface area contributed by atoms with Crippen molar-refractivity contribution in [2.45, 2.75) is 32.4 Å². The number of carbonyl (C=O) groups excluding carboxylic acids is 1. The Kier molecular flexibility index (Phi) is 4.03. The van der Waals surface area contributed by atoms with E-state index in [1.54, 1.807) is 0 Å². The Labute approximate surface area is 119 Å². The second kappa shape index (κ2) is 5.93. The average Bonchev–Trinajstić information content (AvgIpc) is 3.20. The standard InChI is InChI=1S/C14H22N4O2/c1-11-8-13(20-16-11)10-17-4-6-18(7-5-17)14(19)9-15-12-2-3-12/h8,12,15H,2-7,9-10H2,1H3. The maximum absolute atomic E-state index is 12.0. The van der Waals surface area contributed by atoms with Crippen LogP contribution in [0.5, 0.6) is 0 Å². The number of amides is 1. The van der Waals surface area contributed by atoms with Crippen molar-refractivity contribution >= 4 is 5.91 Å². The van der Waals surface area contributed by atoms with Gasteiger partial charge in [-0.1, -0.05) is 5.16 Å². The molecule has 1 aromatic heterocycles. The molecule has 1 aromatic rings. The molecule has 20 heavy (non-hydrogen) atoms. The summed E-state index contributed by atoms with van der Waals surface area (Å²) in [4.78, 5) is 16.3. The van der Waals surface area contributed by atoms with E-state index in [-0.39, 0.29) is 5.91 Å². The minimum absolute atomic E-state index is 0.229. The summed E-state index contributed by atoms with van der Waals surface area (Å²) in [6, 6.07) is 2.56. The van der Waals surface area contributed by atoms with E-state index < -0.39 is 0 Å². The van der Waals surface area contributed by atoms with E-state index in [9.17, 15) is 4.79 Å². The smallest absolute Gasteiger partial charge is 0.236 e. The third-order valence-corrected chi connectivity index (χ3v) is 3.90. The lowest BCUT2D eigenvalue weighted by Gasteiger charge is -2.34. The van der Waals surface area contributed by atoms with Crippen molar-refractivity contribution in [3.63, 3.8) is 0 Å². The molecule has 6 nitrogen and oxygen atoms in total. The van der Waals surface area contributed by atoms with Gasteiger partial charge in [0, 0.05) is 38.3 Å². The Hall–Kier alpha value is -1.40. The van der Waals surface area contributed by atoms with Crippen LogP contribution in [0.2, 0.25) is 0 Å². The predicted octanol–water partition coefficient (Wildman–Crippen LogP) is 0.379. The van der Waals surface area contributed by atoms with Gasteiger partial charge >= 0.3 is 0 Å². The summed E-state index contributed by atoms with van der Waals surface area (Å²) in [5.74, 6) is 1.13. The molecule has 1 amide bonds. The summed E-state index contributed by atoms with van der Waals surface area (Å²) in [7, 11) is 0. The number of hydrogen-bond donors (Lipinski definition) is 1. The van der Waals surface area contributed by atoms with Crippen LogP contribution < -0.4 is 5.32 Å². The molecule has 1 aliphatic carbocycles. The van der Waals surface area contributed by atoms with Crippen LogP contribution in [0.1, 0.15) is 24.3 Å². The maximum Gasteiger partial charge on any atom is 0.236 e. The van der Waals surface area contributed by atoms with E-state index in [0.29, 0.717) is 12.6 Å². The van der Waals surface area contributed by atoms with Gasteiger partial charge in [0.25, 0.3) is 0 Å². The number of aromatic nitrogens is 1. The van der Waals surface area contributed by atoms with Crippen molar-refractivity contribution in [3.05, 3.63) is 17.5 Å². The Morgan fingerprint density at radius 1 is 1.40 bits per heavy atom. The molecule has 0 radical (unpaired) electrons. The minimum atomic E-state index is 0.229. The normalized spacial score (nSPS) is 20.4. The van der Waals surface area contributed by atoms with Gasteiger partial charge < -0.3 is 14.7 Å². The van der Waals surface area contributed by atoms with Crippen LogP contribution in [0.15, 0.2) is 10.6 Å². The number of aryl methyl sites for hydroxylation is 1. The Balaban J connectivity index is 1.40. The van der Waals surface area contributed by atoms with Gasteiger partial charge in [-0.3, -0.25) is 9.69 Å². The summed E-state index contributed by atoms with van der Waals surface area (Å²) in [6.07, 6.45) is 2.44. The second-order valence-corrected chi connectivity index (χ2v) is 5.75. The molecule has 1 aliphatic heterocycles. The molecular weight excluding hydrogens is 256 g/mol. The first kappa shape index (κ1) is 13.6. The molecule has 1 saturated carbocycles. The fraction of sp³-hybridized carbons (Fsp3) is 0.714. The van der Waals surface area contributed by atoms with E-state index in [1.165, 1.54) is 12.8 Å². The van der Waals surface area contributed by atoms with Crippen LogP contribution in [0.4, 0.5) is 0 Å². The van der Waals surface area contributed by atoms with Crippen LogP contribution in [0, 0.1) is 6.92 Å². The number of nitrogens with one attached hydrogen (secondary N) is 1. The number of carbonyl (C=O) groups is 1. The van der Waals surface area contributed by atoms with Crippen molar-refractivity contribution in [3.8, 4) is 0 Å². The maximum atomic E-state index is 12.0. The molecule has 0 aromatic carbocycles. The molecule has 0 bridgehead atoms. The van der Waals surface area contributed by atoms with Gasteiger partial charge in [0.1, 0.15) is 0 Å². The highest BCUT2D eigenvalue weighted by atomic mass is 16.5. The largest absolute Gasteiger partial charge is 0.360 e. The van der Waals surface area contributed by atoms with Gasteiger partial charge in [-0.2, -0.15) is 0 Å². The van der Waals surface area contributed by atoms with Crippen molar-refractivity contribution < 1.29 is 9.32 Å². The lowest BCUT2D eigenvalue weighted by molar-refractivity contribution is -0.132. The number of nitrogens with zero attached hydrogens (tertiary/aromatic N) is 3. The van der Waals surface area contributed by atoms with Crippen molar-refractivity contribution in [2.75, 3.05) is 32.7 Å². The zero-order valence-electron chi connectivity index (χ0n) is 12.0. The number of rotatable bonds is 5. The third-order valence-electron chi connectivity index (χ3n) is 3.90. The quantitative estimate of drug-likeness (QED) is 0.843. The molecular formula is C14H22N4O2. The van der Waals surface area contributed by atoms with Crippen LogP contribution in [-0.4, -0.2) is 59.6 Å². The molecule has 0 atom stereocenters. The molecule has 2 heterocycles. The van der Waals surface area contributed by atoms with Crippen LogP contribution in [0.25, 0.3) is 0 Å². The van der Waals surface area contributed by atoms with Crippen LogP contribution in [-0.2, 0) is 11.3 Å². The highest BCUT2D eigenvalue weighted by Crippen LogP contribution is 2.18. The van der Waals surface area contributed by atoms with E-state index >= 15 is 0 Å². The molecule has 6 heteroatoms. The number of hydrogen-bond acceptors (Lipinski definition) is 5. The van der Waals surface area contributed by atoms with E-state index in [1.807, 2.05) is 17.9 Å². The first-order chi connectivity index (χ1) is 9.70. The highest BCUT2D eigenvalue weighted by Gasteiger charge is 2.25. The average molecular weight is 278 g/mol. The molecule has 2 aliphatic rings. The molecule has 2 fully saturated rings. The Morgan fingerprint density at radius 3 is 2.75 bits per heavy atom. The molecule has 0 unspecified atom stereocenters. The van der Waals surface area contributed by atoms with E-state index in [4.69, 9.17) is 4.52 Å².